The lowest BCUT2D eigenvalue weighted by atomic mass is 10.0. The van der Waals surface area contributed by atoms with Crippen LogP contribution in [0.3, 0.4) is 0 Å². The Morgan fingerprint density at radius 1 is 0.769 bits per heavy atom. The maximum Gasteiger partial charge on any atom is 0.417 e. The van der Waals surface area contributed by atoms with Crippen LogP contribution in [0.5, 0.6) is 5.75 Å². The molecule has 134 valence electrons. The maximum atomic E-state index is 12.9. The van der Waals surface area contributed by atoms with Gasteiger partial charge in [-0.15, -0.1) is 0 Å². The number of rotatable bonds is 1. The van der Waals surface area contributed by atoms with E-state index >= 15 is 0 Å². The largest absolute Gasteiger partial charge is 0.497 e. The zero-order valence-electron chi connectivity index (χ0n) is 13.2. The van der Waals surface area contributed by atoms with Crippen molar-refractivity contribution in [1.29, 1.82) is 0 Å². The first kappa shape index (κ1) is 19.3. The summed E-state index contributed by atoms with van der Waals surface area (Å²) in [6, 6.07) is 7.58. The first-order valence-corrected chi connectivity index (χ1v) is 7.06. The van der Waals surface area contributed by atoms with Gasteiger partial charge in [-0.3, -0.25) is 0 Å². The molecule has 0 aromatic heterocycles. The minimum atomic E-state index is -4.82. The molecule has 0 saturated heterocycles. The van der Waals surface area contributed by atoms with E-state index in [1.54, 1.807) is 24.3 Å². The highest BCUT2D eigenvalue weighted by atomic mass is 19.4. The van der Waals surface area contributed by atoms with Crippen LogP contribution in [0.1, 0.15) is 22.3 Å². The molecule has 2 aromatic carbocycles. The van der Waals surface area contributed by atoms with Crippen molar-refractivity contribution in [1.82, 2.24) is 0 Å². The number of ether oxygens (including phenoxy) is 1. The summed E-state index contributed by atoms with van der Waals surface area (Å²) in [5.74, 6) is 9.73. The van der Waals surface area contributed by atoms with Crippen molar-refractivity contribution in [2.24, 2.45) is 0 Å². The first-order valence-electron chi connectivity index (χ1n) is 7.06. The summed E-state index contributed by atoms with van der Waals surface area (Å²) in [5, 5.41) is 0. The molecule has 0 heterocycles. The molecular formula is C19H10F6O. The van der Waals surface area contributed by atoms with Crippen molar-refractivity contribution in [3.05, 3.63) is 64.7 Å². The van der Waals surface area contributed by atoms with E-state index in [1.165, 1.54) is 7.11 Å². The number of halogens is 6. The van der Waals surface area contributed by atoms with Crippen molar-refractivity contribution in [3.8, 4) is 29.4 Å². The third-order valence-corrected chi connectivity index (χ3v) is 3.21. The Labute approximate surface area is 145 Å². The maximum absolute atomic E-state index is 12.9. The van der Waals surface area contributed by atoms with Crippen molar-refractivity contribution >= 4 is 0 Å². The summed E-state index contributed by atoms with van der Waals surface area (Å²) >= 11 is 0. The van der Waals surface area contributed by atoms with Crippen molar-refractivity contribution in [2.45, 2.75) is 12.4 Å². The highest BCUT2D eigenvalue weighted by molar-refractivity contribution is 5.50. The van der Waals surface area contributed by atoms with Crippen LogP contribution in [-0.2, 0) is 12.4 Å². The van der Waals surface area contributed by atoms with E-state index in [0.717, 1.165) is 0 Å². The molecule has 26 heavy (non-hydrogen) atoms. The van der Waals surface area contributed by atoms with Crippen molar-refractivity contribution < 1.29 is 31.1 Å². The van der Waals surface area contributed by atoms with Gasteiger partial charge in [0.1, 0.15) is 5.75 Å². The van der Waals surface area contributed by atoms with Gasteiger partial charge in [0.05, 0.1) is 18.2 Å². The summed E-state index contributed by atoms with van der Waals surface area (Å²) < 4.78 is 81.8. The second kappa shape index (κ2) is 7.45. The lowest BCUT2D eigenvalue weighted by Gasteiger charge is -2.12. The van der Waals surface area contributed by atoms with Gasteiger partial charge in [0.2, 0.25) is 0 Å². The second-order valence-electron chi connectivity index (χ2n) is 4.98. The summed E-state index contributed by atoms with van der Waals surface area (Å²) in [7, 11) is 1.49. The van der Waals surface area contributed by atoms with Gasteiger partial charge in [-0.2, -0.15) is 26.3 Å². The minimum Gasteiger partial charge on any atom is -0.497 e. The monoisotopic (exact) mass is 368 g/mol. The van der Waals surface area contributed by atoms with Gasteiger partial charge >= 0.3 is 12.4 Å². The average molecular weight is 368 g/mol. The van der Waals surface area contributed by atoms with Crippen LogP contribution in [0.2, 0.25) is 0 Å². The van der Waals surface area contributed by atoms with E-state index in [0.29, 0.717) is 29.5 Å². The molecule has 0 amide bonds. The van der Waals surface area contributed by atoms with E-state index in [4.69, 9.17) is 4.74 Å². The molecule has 0 saturated carbocycles. The fourth-order valence-electron chi connectivity index (χ4n) is 1.95. The molecule has 7 heteroatoms. The molecule has 0 aliphatic carbocycles. The van der Waals surface area contributed by atoms with Gasteiger partial charge < -0.3 is 4.74 Å². The number of methoxy groups -OCH3 is 1. The summed E-state index contributed by atoms with van der Waals surface area (Å²) in [6.07, 6.45) is -9.59. The van der Waals surface area contributed by atoms with Crippen LogP contribution in [0.4, 0.5) is 26.3 Å². The van der Waals surface area contributed by atoms with Gasteiger partial charge in [0.15, 0.2) is 0 Å². The van der Waals surface area contributed by atoms with Crippen LogP contribution in [-0.4, -0.2) is 7.11 Å². The van der Waals surface area contributed by atoms with Crippen LogP contribution in [0, 0.1) is 23.7 Å². The topological polar surface area (TPSA) is 9.23 Å². The molecule has 1 nitrogen and oxygen atoms in total. The molecular weight excluding hydrogens is 358 g/mol. The van der Waals surface area contributed by atoms with E-state index < -0.39 is 29.0 Å². The van der Waals surface area contributed by atoms with Gasteiger partial charge in [-0.25, -0.2) is 0 Å². The summed E-state index contributed by atoms with van der Waals surface area (Å²) in [5.41, 5.74) is -2.71. The Bertz CT molecular complexity index is 900. The van der Waals surface area contributed by atoms with Crippen LogP contribution < -0.4 is 4.74 Å². The lowest BCUT2D eigenvalue weighted by molar-refractivity contribution is -0.141. The van der Waals surface area contributed by atoms with Crippen molar-refractivity contribution in [2.75, 3.05) is 7.11 Å². The highest BCUT2D eigenvalue weighted by Gasteiger charge is 2.36. The summed E-state index contributed by atoms with van der Waals surface area (Å²) in [6.45, 7) is 0. The van der Waals surface area contributed by atoms with Crippen LogP contribution in [0.15, 0.2) is 42.5 Å². The zero-order chi connectivity index (χ0) is 19.4. The molecule has 0 radical (unpaired) electrons. The Kier molecular flexibility index (Phi) is 5.52. The molecule has 2 rings (SSSR count). The number of benzene rings is 2. The standard InChI is InChI=1S/C19H10F6O/c1-26-16-9-6-13(7-10-16)4-2-3-5-14-12-15(18(20,21)22)8-11-17(14)19(23,24)25/h6-12H,1H3. The van der Waals surface area contributed by atoms with Crippen LogP contribution in [0.25, 0.3) is 0 Å². The van der Waals surface area contributed by atoms with Gasteiger partial charge in [0.25, 0.3) is 0 Å². The third kappa shape index (κ3) is 4.97. The highest BCUT2D eigenvalue weighted by Crippen LogP contribution is 2.36. The molecule has 0 atom stereocenters. The Hall–Kier alpha value is -3.06. The van der Waals surface area contributed by atoms with Crippen molar-refractivity contribution in [3.63, 3.8) is 0 Å². The molecule has 0 unspecified atom stereocenters. The normalized spacial score (nSPS) is 11.0. The zero-order valence-corrected chi connectivity index (χ0v) is 13.2. The molecule has 0 spiro atoms. The average Bonchev–Trinajstić information content (AvgIpc) is 2.57. The second-order valence-corrected chi connectivity index (χ2v) is 4.98. The summed E-state index contributed by atoms with van der Waals surface area (Å²) in [4.78, 5) is 0. The Morgan fingerprint density at radius 3 is 1.92 bits per heavy atom. The predicted octanol–water partition coefficient (Wildman–Crippen LogP) is 5.14. The quantitative estimate of drug-likeness (QED) is 0.501. The van der Waals surface area contributed by atoms with Gasteiger partial charge in [-0.05, 0) is 54.3 Å². The van der Waals surface area contributed by atoms with E-state index in [1.807, 2.05) is 0 Å². The van der Waals surface area contributed by atoms with E-state index in [9.17, 15) is 26.3 Å². The number of alkyl halides is 6. The molecule has 0 N–H and O–H groups in total. The Balaban J connectivity index is 2.36. The van der Waals surface area contributed by atoms with E-state index in [-0.39, 0.29) is 0 Å². The number of hydrogen-bond donors (Lipinski definition) is 0. The first-order chi connectivity index (χ1) is 12.1. The Morgan fingerprint density at radius 2 is 1.38 bits per heavy atom. The van der Waals surface area contributed by atoms with Gasteiger partial charge in [-0.1, -0.05) is 11.8 Å². The molecule has 0 aliphatic rings. The fraction of sp³-hybridized carbons (Fsp3) is 0.158. The SMILES string of the molecule is COc1ccc(C#CC#Cc2cc(C(F)(F)F)ccc2C(F)(F)F)cc1. The molecule has 2 aromatic rings. The molecule has 0 fully saturated rings. The van der Waals surface area contributed by atoms with Crippen LogP contribution >= 0.6 is 0 Å². The van der Waals surface area contributed by atoms with E-state index in [2.05, 4.69) is 23.7 Å². The fourth-order valence-corrected chi connectivity index (χ4v) is 1.95. The molecule has 0 bridgehead atoms. The molecule has 0 aliphatic heterocycles. The predicted molar refractivity (Wildman–Crippen MR) is 83.2 cm³/mol. The minimum absolute atomic E-state index is 0.365. The third-order valence-electron chi connectivity index (χ3n) is 3.21. The lowest BCUT2D eigenvalue weighted by Crippen LogP contribution is -2.11. The smallest absolute Gasteiger partial charge is 0.417 e. The number of hydrogen-bond acceptors (Lipinski definition) is 1. The van der Waals surface area contributed by atoms with Gasteiger partial charge in [0, 0.05) is 11.1 Å².